The fraction of sp³-hybridized carbons (Fsp3) is 1.00. The van der Waals surface area contributed by atoms with E-state index in [1.807, 2.05) is 0 Å². The third-order valence-electron chi connectivity index (χ3n) is 1.64. The largest absolute Gasteiger partial charge is 0.388 e. The molecule has 0 bridgehead atoms. The lowest BCUT2D eigenvalue weighted by Crippen LogP contribution is -2.40. The highest BCUT2D eigenvalue weighted by Crippen LogP contribution is 2.32. The number of aliphatic hydroxyl groups excluding tert-OH is 2. The molecule has 0 aromatic carbocycles. The Morgan fingerprint density at radius 1 is 1.33 bits per heavy atom. The molecule has 4 heteroatoms. The van der Waals surface area contributed by atoms with Crippen LogP contribution < -0.4 is 0 Å². The van der Waals surface area contributed by atoms with Crippen LogP contribution in [0.5, 0.6) is 0 Å². The first-order chi connectivity index (χ1) is 4.29. The molecule has 0 amide bonds. The third kappa shape index (κ3) is 0.753. The smallest absolute Gasteiger partial charge is 0.187 e. The van der Waals surface area contributed by atoms with E-state index in [1.165, 1.54) is 0 Å². The van der Waals surface area contributed by atoms with Crippen molar-refractivity contribution in [1.29, 1.82) is 0 Å². The molecule has 0 aliphatic carbocycles. The molecule has 4 nitrogen and oxygen atoms in total. The molecule has 0 saturated carbocycles. The number of fused-ring (bicyclic) bond motifs is 1. The predicted molar refractivity (Wildman–Crippen MR) is 26.6 cm³/mol. The Bertz CT molecular complexity index is 124. The second-order valence-electron chi connectivity index (χ2n) is 2.36. The van der Waals surface area contributed by atoms with Crippen LogP contribution in [0.3, 0.4) is 0 Å². The SMILES string of the molecule is O[C@H]1[C@H](O)COC2O[C@H]21. The number of hydrogen-bond acceptors (Lipinski definition) is 4. The van der Waals surface area contributed by atoms with Gasteiger partial charge in [0.05, 0.1) is 6.61 Å². The summed E-state index contributed by atoms with van der Waals surface area (Å²) in [6, 6.07) is 0. The molecule has 2 N–H and O–H groups in total. The average Bonchev–Trinajstić information content (AvgIpc) is 2.58. The van der Waals surface area contributed by atoms with Gasteiger partial charge in [0.2, 0.25) is 0 Å². The molecular formula is C5H8O4. The zero-order chi connectivity index (χ0) is 6.43. The minimum absolute atomic E-state index is 0.183. The maximum Gasteiger partial charge on any atom is 0.187 e. The van der Waals surface area contributed by atoms with E-state index in [0.717, 1.165) is 0 Å². The summed E-state index contributed by atoms with van der Waals surface area (Å²) in [6.07, 6.45) is -2.03. The Hall–Kier alpha value is -0.160. The van der Waals surface area contributed by atoms with Crippen LogP contribution in [0, 0.1) is 0 Å². The second kappa shape index (κ2) is 1.67. The van der Waals surface area contributed by atoms with Crippen LogP contribution in [-0.2, 0) is 9.47 Å². The molecule has 0 aromatic heterocycles. The summed E-state index contributed by atoms with van der Waals surface area (Å²) in [4.78, 5) is 0. The van der Waals surface area contributed by atoms with E-state index >= 15 is 0 Å². The van der Waals surface area contributed by atoms with E-state index in [-0.39, 0.29) is 19.0 Å². The number of aliphatic hydroxyl groups is 2. The highest BCUT2D eigenvalue weighted by molar-refractivity contribution is 4.92. The maximum absolute atomic E-state index is 9.03. The van der Waals surface area contributed by atoms with Crippen molar-refractivity contribution in [2.24, 2.45) is 0 Å². The molecule has 2 aliphatic rings. The quantitative estimate of drug-likeness (QED) is 0.392. The average molecular weight is 132 g/mol. The van der Waals surface area contributed by atoms with Gasteiger partial charge in [0.1, 0.15) is 18.3 Å². The van der Waals surface area contributed by atoms with Crippen LogP contribution in [0.1, 0.15) is 0 Å². The first-order valence-corrected chi connectivity index (χ1v) is 2.92. The molecule has 2 aliphatic heterocycles. The Morgan fingerprint density at radius 2 is 2.11 bits per heavy atom. The lowest BCUT2D eigenvalue weighted by atomic mass is 10.1. The molecule has 1 unspecified atom stereocenters. The van der Waals surface area contributed by atoms with E-state index in [9.17, 15) is 0 Å². The number of rotatable bonds is 0. The van der Waals surface area contributed by atoms with Gasteiger partial charge in [-0.25, -0.2) is 0 Å². The van der Waals surface area contributed by atoms with E-state index < -0.39 is 12.2 Å². The van der Waals surface area contributed by atoms with Crippen LogP contribution in [0.15, 0.2) is 0 Å². The normalized spacial score (nSPS) is 56.7. The van der Waals surface area contributed by atoms with Gasteiger partial charge in [-0.1, -0.05) is 0 Å². The monoisotopic (exact) mass is 132 g/mol. The van der Waals surface area contributed by atoms with Crippen molar-refractivity contribution in [3.8, 4) is 0 Å². The van der Waals surface area contributed by atoms with Crippen molar-refractivity contribution in [1.82, 2.24) is 0 Å². The van der Waals surface area contributed by atoms with Crippen molar-refractivity contribution in [2.75, 3.05) is 6.61 Å². The number of ether oxygens (including phenoxy) is 2. The van der Waals surface area contributed by atoms with Crippen molar-refractivity contribution in [3.63, 3.8) is 0 Å². The van der Waals surface area contributed by atoms with Gasteiger partial charge in [0.25, 0.3) is 0 Å². The lowest BCUT2D eigenvalue weighted by molar-refractivity contribution is -0.0775. The summed E-state index contributed by atoms with van der Waals surface area (Å²) in [7, 11) is 0. The summed E-state index contributed by atoms with van der Waals surface area (Å²) < 4.78 is 9.73. The van der Waals surface area contributed by atoms with Gasteiger partial charge in [0, 0.05) is 0 Å². The molecule has 2 rings (SSSR count). The topological polar surface area (TPSA) is 62.2 Å². The van der Waals surface area contributed by atoms with Crippen molar-refractivity contribution >= 4 is 0 Å². The standard InChI is InChI=1S/C5H8O4/c6-2-1-8-5-4(9-5)3(2)7/h2-7H,1H2/t2-,3+,4+,5?/m1/s1. The van der Waals surface area contributed by atoms with Gasteiger partial charge in [-0.2, -0.15) is 0 Å². The first kappa shape index (κ1) is 5.61. The van der Waals surface area contributed by atoms with Crippen molar-refractivity contribution in [2.45, 2.75) is 24.6 Å². The van der Waals surface area contributed by atoms with Crippen LogP contribution in [0.4, 0.5) is 0 Å². The fourth-order valence-corrected chi connectivity index (χ4v) is 0.996. The molecule has 9 heavy (non-hydrogen) atoms. The van der Waals surface area contributed by atoms with E-state index in [4.69, 9.17) is 19.7 Å². The second-order valence-corrected chi connectivity index (χ2v) is 2.36. The lowest BCUT2D eigenvalue weighted by Gasteiger charge is -2.18. The Balaban J connectivity index is 2.02. The highest BCUT2D eigenvalue weighted by atomic mass is 16.8. The van der Waals surface area contributed by atoms with E-state index in [2.05, 4.69) is 0 Å². The zero-order valence-corrected chi connectivity index (χ0v) is 4.73. The molecule has 2 heterocycles. The van der Waals surface area contributed by atoms with Gasteiger partial charge in [-0.3, -0.25) is 0 Å². The Morgan fingerprint density at radius 3 is 2.78 bits per heavy atom. The number of hydrogen-bond donors (Lipinski definition) is 2. The Labute approximate surface area is 52.0 Å². The number of epoxide rings is 1. The van der Waals surface area contributed by atoms with Crippen LogP contribution in [0.25, 0.3) is 0 Å². The Kier molecular flexibility index (Phi) is 1.04. The molecule has 0 aromatic rings. The predicted octanol–water partition coefficient (Wildman–Crippen LogP) is -1.54. The summed E-state index contributed by atoms with van der Waals surface area (Å²) >= 11 is 0. The molecule has 2 fully saturated rings. The first-order valence-electron chi connectivity index (χ1n) is 2.92. The summed E-state index contributed by atoms with van der Waals surface area (Å²) in [6.45, 7) is 0.183. The van der Waals surface area contributed by atoms with Crippen molar-refractivity contribution in [3.05, 3.63) is 0 Å². The van der Waals surface area contributed by atoms with Crippen LogP contribution in [0.2, 0.25) is 0 Å². The van der Waals surface area contributed by atoms with Gasteiger partial charge >= 0.3 is 0 Å². The van der Waals surface area contributed by atoms with Gasteiger partial charge in [-0.15, -0.1) is 0 Å². The minimum Gasteiger partial charge on any atom is -0.388 e. The molecule has 2 saturated heterocycles. The maximum atomic E-state index is 9.03. The third-order valence-corrected chi connectivity index (χ3v) is 1.64. The molecule has 4 atom stereocenters. The van der Waals surface area contributed by atoms with Gasteiger partial charge in [-0.05, 0) is 0 Å². The zero-order valence-electron chi connectivity index (χ0n) is 4.73. The fourth-order valence-electron chi connectivity index (χ4n) is 0.996. The molecule has 52 valence electrons. The summed E-state index contributed by atoms with van der Waals surface area (Å²) in [5.74, 6) is 0. The molecule has 0 radical (unpaired) electrons. The van der Waals surface area contributed by atoms with E-state index in [1.54, 1.807) is 0 Å². The van der Waals surface area contributed by atoms with Crippen LogP contribution >= 0.6 is 0 Å². The molecular weight excluding hydrogens is 124 g/mol. The molecule has 0 spiro atoms. The van der Waals surface area contributed by atoms with Gasteiger partial charge in [0.15, 0.2) is 6.29 Å². The van der Waals surface area contributed by atoms with Crippen molar-refractivity contribution < 1.29 is 19.7 Å². The minimum atomic E-state index is -0.770. The van der Waals surface area contributed by atoms with E-state index in [0.29, 0.717) is 0 Å². The highest BCUT2D eigenvalue weighted by Gasteiger charge is 2.52. The summed E-state index contributed by atoms with van der Waals surface area (Å²) in [5.41, 5.74) is 0. The summed E-state index contributed by atoms with van der Waals surface area (Å²) in [5, 5.41) is 18.0. The van der Waals surface area contributed by atoms with Crippen LogP contribution in [-0.4, -0.2) is 41.4 Å². The van der Waals surface area contributed by atoms with Gasteiger partial charge < -0.3 is 19.7 Å².